The molecule has 2 aromatic carbocycles. The maximum atomic E-state index is 12.2. The summed E-state index contributed by atoms with van der Waals surface area (Å²) >= 11 is 0. The van der Waals surface area contributed by atoms with Crippen LogP contribution in [0.3, 0.4) is 0 Å². The van der Waals surface area contributed by atoms with Gasteiger partial charge in [0.1, 0.15) is 0 Å². The molecule has 4 rings (SSSR count). The molecule has 0 aromatic heterocycles. The molecular formula is C19H21N3O. The number of anilines is 2. The number of aryl methyl sites for hydroxylation is 1. The highest BCUT2D eigenvalue weighted by molar-refractivity contribution is 5.97. The van der Waals surface area contributed by atoms with Gasteiger partial charge in [0, 0.05) is 19.5 Å². The van der Waals surface area contributed by atoms with Crippen LogP contribution in [0.25, 0.3) is 0 Å². The number of hydrogen-bond acceptors (Lipinski definition) is 3. The van der Waals surface area contributed by atoms with E-state index in [4.69, 9.17) is 0 Å². The summed E-state index contributed by atoms with van der Waals surface area (Å²) in [6, 6.07) is 17.2. The highest BCUT2D eigenvalue weighted by Crippen LogP contribution is 2.38. The van der Waals surface area contributed by atoms with Crippen molar-refractivity contribution < 1.29 is 4.79 Å². The van der Waals surface area contributed by atoms with E-state index in [0.29, 0.717) is 6.42 Å². The maximum absolute atomic E-state index is 12.2. The third-order valence-corrected chi connectivity index (χ3v) is 4.75. The third-order valence-electron chi connectivity index (χ3n) is 4.75. The van der Waals surface area contributed by atoms with Crippen molar-refractivity contribution >= 4 is 17.3 Å². The summed E-state index contributed by atoms with van der Waals surface area (Å²) in [6.07, 6.45) is 0.518. The largest absolute Gasteiger partial charge is 0.357 e. The van der Waals surface area contributed by atoms with Crippen LogP contribution in [0.1, 0.15) is 23.6 Å². The molecule has 4 heteroatoms. The van der Waals surface area contributed by atoms with Crippen molar-refractivity contribution in [2.24, 2.45) is 0 Å². The van der Waals surface area contributed by atoms with Crippen LogP contribution in [-0.2, 0) is 4.79 Å². The number of piperazine rings is 1. The molecule has 2 aliphatic rings. The molecule has 2 aromatic rings. The lowest BCUT2D eigenvalue weighted by molar-refractivity contribution is -0.116. The lowest BCUT2D eigenvalue weighted by Crippen LogP contribution is -2.53. The zero-order valence-electron chi connectivity index (χ0n) is 13.3. The molecule has 2 N–H and O–H groups in total. The first-order valence-corrected chi connectivity index (χ1v) is 8.17. The zero-order valence-corrected chi connectivity index (χ0v) is 13.3. The number of carbonyl (C=O) groups excluding carboxylic acids is 1. The molecular weight excluding hydrogens is 286 g/mol. The van der Waals surface area contributed by atoms with Crippen LogP contribution in [0.4, 0.5) is 11.4 Å². The number of para-hydroxylation sites is 2. The molecule has 0 bridgehead atoms. The Morgan fingerprint density at radius 1 is 1.09 bits per heavy atom. The number of hydrogen-bond donors (Lipinski definition) is 2. The first kappa shape index (κ1) is 14.3. The molecule has 2 atom stereocenters. The van der Waals surface area contributed by atoms with E-state index in [1.165, 1.54) is 11.1 Å². The van der Waals surface area contributed by atoms with Crippen molar-refractivity contribution in [3.8, 4) is 0 Å². The molecule has 118 valence electrons. The Morgan fingerprint density at radius 3 is 2.83 bits per heavy atom. The topological polar surface area (TPSA) is 44.4 Å². The Labute approximate surface area is 136 Å². The molecule has 1 saturated heterocycles. The SMILES string of the molecule is Cc1cccc(C2CNCC3CC(=O)Nc4ccccc4N32)c1. The Hall–Kier alpha value is -2.33. The van der Waals surface area contributed by atoms with Crippen LogP contribution in [0.5, 0.6) is 0 Å². The second-order valence-corrected chi connectivity index (χ2v) is 6.42. The maximum Gasteiger partial charge on any atom is 0.226 e. The summed E-state index contributed by atoms with van der Waals surface area (Å²) in [5.74, 6) is 0.0941. The third kappa shape index (κ3) is 2.59. The summed E-state index contributed by atoms with van der Waals surface area (Å²) in [6.45, 7) is 3.85. The van der Waals surface area contributed by atoms with Crippen molar-refractivity contribution in [3.05, 3.63) is 59.7 Å². The van der Waals surface area contributed by atoms with E-state index in [1.807, 2.05) is 18.2 Å². The van der Waals surface area contributed by atoms with Crippen LogP contribution in [0.15, 0.2) is 48.5 Å². The average Bonchev–Trinajstić information content (AvgIpc) is 2.69. The van der Waals surface area contributed by atoms with E-state index in [9.17, 15) is 4.79 Å². The van der Waals surface area contributed by atoms with Crippen LogP contribution in [0.2, 0.25) is 0 Å². The number of nitrogens with zero attached hydrogens (tertiary/aromatic N) is 1. The van der Waals surface area contributed by atoms with Crippen molar-refractivity contribution in [2.75, 3.05) is 23.3 Å². The van der Waals surface area contributed by atoms with Gasteiger partial charge in [0.25, 0.3) is 0 Å². The molecule has 2 unspecified atom stereocenters. The number of amides is 1. The highest BCUT2D eigenvalue weighted by Gasteiger charge is 2.36. The molecule has 2 aliphatic heterocycles. The summed E-state index contributed by atoms with van der Waals surface area (Å²) in [5.41, 5.74) is 4.60. The number of benzene rings is 2. The van der Waals surface area contributed by atoms with Crippen molar-refractivity contribution in [1.82, 2.24) is 5.32 Å². The fourth-order valence-corrected chi connectivity index (χ4v) is 3.75. The standard InChI is InChI=1S/C19H21N3O/c1-13-5-4-6-14(9-13)18-12-20-11-15-10-19(23)21-16-7-2-3-8-17(16)22(15)18/h2-9,15,18,20H,10-12H2,1H3,(H,21,23). The first-order chi connectivity index (χ1) is 11.2. The fourth-order valence-electron chi connectivity index (χ4n) is 3.75. The lowest BCUT2D eigenvalue weighted by Gasteiger charge is -2.43. The number of nitrogens with one attached hydrogen (secondary N) is 2. The van der Waals surface area contributed by atoms with Crippen LogP contribution in [-0.4, -0.2) is 25.0 Å². The van der Waals surface area contributed by atoms with E-state index in [-0.39, 0.29) is 18.0 Å². The molecule has 0 saturated carbocycles. The second kappa shape index (κ2) is 5.70. The minimum absolute atomic E-state index is 0.0941. The second-order valence-electron chi connectivity index (χ2n) is 6.42. The summed E-state index contributed by atoms with van der Waals surface area (Å²) in [4.78, 5) is 14.7. The smallest absolute Gasteiger partial charge is 0.226 e. The lowest BCUT2D eigenvalue weighted by atomic mass is 9.96. The van der Waals surface area contributed by atoms with Crippen molar-refractivity contribution in [2.45, 2.75) is 25.4 Å². The van der Waals surface area contributed by atoms with Gasteiger partial charge in [-0.05, 0) is 24.6 Å². The number of rotatable bonds is 1. The van der Waals surface area contributed by atoms with Crippen molar-refractivity contribution in [3.63, 3.8) is 0 Å². The Kier molecular flexibility index (Phi) is 3.54. The van der Waals surface area contributed by atoms with Crippen LogP contribution >= 0.6 is 0 Å². The molecule has 1 amide bonds. The van der Waals surface area contributed by atoms with Gasteiger partial charge < -0.3 is 15.5 Å². The molecule has 0 radical (unpaired) electrons. The average molecular weight is 307 g/mol. The number of fused-ring (bicyclic) bond motifs is 3. The van der Waals surface area contributed by atoms with E-state index in [0.717, 1.165) is 24.5 Å². The van der Waals surface area contributed by atoms with Gasteiger partial charge in [0.05, 0.1) is 23.5 Å². The molecule has 23 heavy (non-hydrogen) atoms. The van der Waals surface area contributed by atoms with Gasteiger partial charge in [-0.25, -0.2) is 0 Å². The molecule has 1 fully saturated rings. The van der Waals surface area contributed by atoms with Gasteiger partial charge >= 0.3 is 0 Å². The van der Waals surface area contributed by atoms with Gasteiger partial charge in [0.2, 0.25) is 5.91 Å². The summed E-state index contributed by atoms with van der Waals surface area (Å²) in [5, 5.41) is 6.56. The normalized spacial score (nSPS) is 23.5. The zero-order chi connectivity index (χ0) is 15.8. The van der Waals surface area contributed by atoms with Gasteiger partial charge in [-0.2, -0.15) is 0 Å². The molecule has 2 heterocycles. The minimum Gasteiger partial charge on any atom is -0.357 e. The Morgan fingerprint density at radius 2 is 1.96 bits per heavy atom. The minimum atomic E-state index is 0.0941. The predicted octanol–water partition coefficient (Wildman–Crippen LogP) is 2.86. The fraction of sp³-hybridized carbons (Fsp3) is 0.316. The van der Waals surface area contributed by atoms with E-state index >= 15 is 0 Å². The monoisotopic (exact) mass is 307 g/mol. The summed E-state index contributed by atoms with van der Waals surface area (Å²) < 4.78 is 0. The van der Waals surface area contributed by atoms with E-state index in [1.54, 1.807) is 0 Å². The quantitative estimate of drug-likeness (QED) is 0.851. The van der Waals surface area contributed by atoms with E-state index in [2.05, 4.69) is 52.8 Å². The Bertz CT molecular complexity index is 743. The molecule has 0 spiro atoms. The van der Waals surface area contributed by atoms with Gasteiger partial charge in [-0.3, -0.25) is 4.79 Å². The van der Waals surface area contributed by atoms with Crippen LogP contribution < -0.4 is 15.5 Å². The van der Waals surface area contributed by atoms with Gasteiger partial charge in [-0.1, -0.05) is 42.0 Å². The van der Waals surface area contributed by atoms with E-state index < -0.39 is 0 Å². The van der Waals surface area contributed by atoms with Crippen molar-refractivity contribution in [1.29, 1.82) is 0 Å². The number of carbonyl (C=O) groups is 1. The molecule has 4 nitrogen and oxygen atoms in total. The van der Waals surface area contributed by atoms with Crippen LogP contribution in [0, 0.1) is 6.92 Å². The Balaban J connectivity index is 1.82. The van der Waals surface area contributed by atoms with Gasteiger partial charge in [0.15, 0.2) is 0 Å². The summed E-state index contributed by atoms with van der Waals surface area (Å²) in [7, 11) is 0. The first-order valence-electron chi connectivity index (χ1n) is 8.17. The predicted molar refractivity (Wildman–Crippen MR) is 92.7 cm³/mol. The van der Waals surface area contributed by atoms with Gasteiger partial charge in [-0.15, -0.1) is 0 Å². The highest BCUT2D eigenvalue weighted by atomic mass is 16.1. The molecule has 0 aliphatic carbocycles.